The molecule has 1 aromatic carbocycles. The molecular weight excluding hydrogens is 486 g/mol. The highest BCUT2D eigenvalue weighted by Gasteiger charge is 2.37. The molecule has 1 unspecified atom stereocenters. The van der Waals surface area contributed by atoms with E-state index < -0.39 is 30.1 Å². The Morgan fingerprint density at radius 2 is 1.81 bits per heavy atom. The molecule has 0 radical (unpaired) electrons. The summed E-state index contributed by atoms with van der Waals surface area (Å²) < 4.78 is 0. The number of amidine groups is 1. The van der Waals surface area contributed by atoms with Crippen molar-refractivity contribution < 1.29 is 29.4 Å². The summed E-state index contributed by atoms with van der Waals surface area (Å²) >= 11 is 1.31. The number of aliphatic carboxylic acids is 1. The van der Waals surface area contributed by atoms with Crippen molar-refractivity contribution in [2.45, 2.75) is 51.2 Å². The third kappa shape index (κ3) is 8.38. The molecule has 3 amide bonds. The van der Waals surface area contributed by atoms with Gasteiger partial charge in [0.25, 0.3) is 5.97 Å². The number of carboxylic acid groups (broad SMARTS) is 2. The second-order valence-electron chi connectivity index (χ2n) is 8.27. The number of rotatable bonds is 7. The predicted octanol–water partition coefficient (Wildman–Crippen LogP) is 2.17. The Hall–Kier alpha value is -3.93. The maximum atomic E-state index is 12.9. The number of carboxylic acids is 1. The Morgan fingerprint density at radius 1 is 1.17 bits per heavy atom. The molecule has 7 N–H and O–H groups in total. The number of nitrogens with one attached hydrogen (secondary N) is 3. The molecular formula is C24H31N5O6S. The first-order chi connectivity index (χ1) is 17.0. The van der Waals surface area contributed by atoms with Gasteiger partial charge in [0.15, 0.2) is 0 Å². The Kier molecular flexibility index (Phi) is 10.4. The maximum Gasteiger partial charge on any atom is 0.407 e. The van der Waals surface area contributed by atoms with E-state index in [1.165, 1.54) is 11.3 Å². The Bertz CT molecular complexity index is 1090. The average molecular weight is 518 g/mol. The van der Waals surface area contributed by atoms with Crippen molar-refractivity contribution in [1.82, 2.24) is 15.5 Å². The number of nitrogen functional groups attached to an aromatic ring is 1. The molecule has 2 aromatic rings. The molecule has 1 aromatic heterocycles. The number of hydrogen-bond acceptors (Lipinski definition) is 6. The standard InChI is InChI=1S/C22H27N5O4S.C2H4O2/c1-13(20(28)25-12-16-7-8-18(32-16)19(23)24)26-21(29)17-11-15(9-10-27(17)22(30)31)14-5-3-2-4-6-14;1-2(3)4/h2-8,13,15,17H,9-12H2,1H3,(H3,23,24)(H,25,28)(H,26,29)(H,30,31);1H3,(H,3,4)/t13?,15-,17+;/m0./s1. The highest BCUT2D eigenvalue weighted by atomic mass is 32.1. The number of hydrogen-bond donors (Lipinski definition) is 6. The first kappa shape index (κ1) is 28.3. The quantitative estimate of drug-likeness (QED) is 0.240. The van der Waals surface area contributed by atoms with E-state index in [1.807, 2.05) is 30.3 Å². The van der Waals surface area contributed by atoms with Crippen molar-refractivity contribution in [3.63, 3.8) is 0 Å². The zero-order chi connectivity index (χ0) is 26.8. The third-order valence-electron chi connectivity index (χ3n) is 5.54. The second kappa shape index (κ2) is 13.2. The van der Waals surface area contributed by atoms with Crippen LogP contribution in [0.2, 0.25) is 0 Å². The van der Waals surface area contributed by atoms with Crippen molar-refractivity contribution in [3.05, 3.63) is 57.8 Å². The number of thiophene rings is 1. The van der Waals surface area contributed by atoms with E-state index in [9.17, 15) is 19.5 Å². The lowest BCUT2D eigenvalue weighted by molar-refractivity contribution is -0.134. The fourth-order valence-corrected chi connectivity index (χ4v) is 4.60. The molecule has 0 aliphatic carbocycles. The molecule has 2 heterocycles. The molecule has 1 saturated heterocycles. The zero-order valence-electron chi connectivity index (χ0n) is 20.1. The van der Waals surface area contributed by atoms with Gasteiger partial charge >= 0.3 is 6.09 Å². The van der Waals surface area contributed by atoms with Gasteiger partial charge in [-0.05, 0) is 43.4 Å². The number of nitrogens with zero attached hydrogens (tertiary/aromatic N) is 1. The van der Waals surface area contributed by atoms with Gasteiger partial charge in [-0.15, -0.1) is 11.3 Å². The number of likely N-dealkylation sites (tertiary alicyclic amines) is 1. The summed E-state index contributed by atoms with van der Waals surface area (Å²) in [6.45, 7) is 3.15. The second-order valence-corrected chi connectivity index (χ2v) is 9.44. The van der Waals surface area contributed by atoms with Crippen LogP contribution >= 0.6 is 11.3 Å². The lowest BCUT2D eigenvalue weighted by Gasteiger charge is -2.37. The summed E-state index contributed by atoms with van der Waals surface area (Å²) in [5.41, 5.74) is 6.52. The number of nitrogens with two attached hydrogens (primary N) is 1. The van der Waals surface area contributed by atoms with E-state index in [-0.39, 0.29) is 30.8 Å². The Morgan fingerprint density at radius 3 is 2.36 bits per heavy atom. The van der Waals surface area contributed by atoms with Gasteiger partial charge in [0.1, 0.15) is 17.9 Å². The molecule has 0 spiro atoms. The Balaban J connectivity index is 0.00000106. The molecule has 194 valence electrons. The molecule has 36 heavy (non-hydrogen) atoms. The van der Waals surface area contributed by atoms with E-state index in [2.05, 4.69) is 10.6 Å². The van der Waals surface area contributed by atoms with Crippen molar-refractivity contribution in [3.8, 4) is 0 Å². The zero-order valence-corrected chi connectivity index (χ0v) is 20.9. The molecule has 1 fully saturated rings. The van der Waals surface area contributed by atoms with Crippen molar-refractivity contribution >= 4 is 41.0 Å². The topological polar surface area (TPSA) is 186 Å². The number of carbonyl (C=O) groups excluding carboxylic acids is 2. The minimum Gasteiger partial charge on any atom is -0.481 e. The van der Waals surface area contributed by atoms with Gasteiger partial charge in [-0.2, -0.15) is 0 Å². The summed E-state index contributed by atoms with van der Waals surface area (Å²) in [6, 6.07) is 11.5. The smallest absolute Gasteiger partial charge is 0.407 e. The summed E-state index contributed by atoms with van der Waals surface area (Å²) in [7, 11) is 0. The van der Waals surface area contributed by atoms with E-state index in [4.69, 9.17) is 21.0 Å². The maximum absolute atomic E-state index is 12.9. The fourth-order valence-electron chi connectivity index (χ4n) is 3.79. The first-order valence-corrected chi connectivity index (χ1v) is 12.1. The van der Waals surface area contributed by atoms with Crippen molar-refractivity contribution in [2.75, 3.05) is 6.54 Å². The van der Waals surface area contributed by atoms with Crippen LogP contribution in [0.1, 0.15) is 47.9 Å². The molecule has 12 heteroatoms. The van der Waals surface area contributed by atoms with Crippen LogP contribution in [0.15, 0.2) is 42.5 Å². The van der Waals surface area contributed by atoms with E-state index in [1.54, 1.807) is 19.1 Å². The van der Waals surface area contributed by atoms with Gasteiger partial charge in [0.05, 0.1) is 11.4 Å². The van der Waals surface area contributed by atoms with Gasteiger partial charge in [-0.25, -0.2) is 4.79 Å². The monoisotopic (exact) mass is 517 g/mol. The lowest BCUT2D eigenvalue weighted by atomic mass is 9.85. The van der Waals surface area contributed by atoms with E-state index >= 15 is 0 Å². The van der Waals surface area contributed by atoms with Crippen LogP contribution in [-0.2, 0) is 20.9 Å². The SMILES string of the molecule is CC(=O)O.CC(NC(=O)[C@H]1C[C@@H](c2ccccc2)CCN1C(=O)O)C(=O)NCc1ccc(C(=N)N)s1. The van der Waals surface area contributed by atoms with Crippen LogP contribution in [0.5, 0.6) is 0 Å². The summed E-state index contributed by atoms with van der Waals surface area (Å²) in [4.78, 5) is 48.7. The van der Waals surface area contributed by atoms with Crippen LogP contribution in [-0.4, -0.2) is 63.5 Å². The van der Waals surface area contributed by atoms with E-state index in [0.717, 1.165) is 22.3 Å². The van der Waals surface area contributed by atoms with Gasteiger partial charge in [0.2, 0.25) is 11.8 Å². The number of piperidine rings is 1. The van der Waals surface area contributed by atoms with Crippen LogP contribution in [0.3, 0.4) is 0 Å². The van der Waals surface area contributed by atoms with Crippen molar-refractivity contribution in [2.24, 2.45) is 5.73 Å². The van der Waals surface area contributed by atoms with Gasteiger partial charge in [0, 0.05) is 18.3 Å². The number of amides is 3. The van der Waals surface area contributed by atoms with Gasteiger partial charge in [-0.1, -0.05) is 30.3 Å². The lowest BCUT2D eigenvalue weighted by Crippen LogP contribution is -2.56. The highest BCUT2D eigenvalue weighted by Crippen LogP contribution is 2.31. The minimum atomic E-state index is -1.15. The summed E-state index contributed by atoms with van der Waals surface area (Å²) in [5, 5.41) is 29.8. The van der Waals surface area contributed by atoms with E-state index in [0.29, 0.717) is 17.7 Å². The number of benzene rings is 1. The predicted molar refractivity (Wildman–Crippen MR) is 135 cm³/mol. The molecule has 0 saturated carbocycles. The number of carbonyl (C=O) groups is 4. The van der Waals surface area contributed by atoms with Gasteiger partial charge < -0.3 is 26.6 Å². The minimum absolute atomic E-state index is 0.0301. The molecule has 1 aliphatic heterocycles. The van der Waals surface area contributed by atoms with Crippen LogP contribution in [0.4, 0.5) is 4.79 Å². The summed E-state index contributed by atoms with van der Waals surface area (Å²) in [6.07, 6.45) is -0.147. The molecule has 3 atom stereocenters. The molecule has 1 aliphatic rings. The fraction of sp³-hybridized carbons (Fsp3) is 0.375. The Labute approximate surface area is 212 Å². The average Bonchev–Trinajstić information content (AvgIpc) is 3.31. The largest absolute Gasteiger partial charge is 0.481 e. The first-order valence-electron chi connectivity index (χ1n) is 11.2. The summed E-state index contributed by atoms with van der Waals surface area (Å²) in [5.74, 6) is -1.66. The van der Waals surface area contributed by atoms with Crippen LogP contribution in [0.25, 0.3) is 0 Å². The van der Waals surface area contributed by atoms with Crippen LogP contribution < -0.4 is 16.4 Å². The normalized spacial score (nSPS) is 17.7. The molecule has 11 nitrogen and oxygen atoms in total. The molecule has 0 bridgehead atoms. The van der Waals surface area contributed by atoms with Crippen molar-refractivity contribution in [1.29, 1.82) is 5.41 Å². The molecule has 3 rings (SSSR count). The highest BCUT2D eigenvalue weighted by molar-refractivity contribution is 7.14. The van der Waals surface area contributed by atoms with Gasteiger partial charge in [-0.3, -0.25) is 24.7 Å². The third-order valence-corrected chi connectivity index (χ3v) is 6.66. The van der Waals surface area contributed by atoms with Crippen LogP contribution in [0, 0.1) is 5.41 Å².